The van der Waals surface area contributed by atoms with Gasteiger partial charge in [-0.2, -0.15) is 4.98 Å². The molecule has 132 valence electrons. The summed E-state index contributed by atoms with van der Waals surface area (Å²) in [6, 6.07) is 15.5. The third-order valence-electron chi connectivity index (χ3n) is 4.57. The van der Waals surface area contributed by atoms with Crippen molar-refractivity contribution >= 4 is 17.5 Å². The first kappa shape index (κ1) is 16.8. The Kier molecular flexibility index (Phi) is 4.47. The summed E-state index contributed by atoms with van der Waals surface area (Å²) in [5.74, 6) is 1.11. The zero-order valence-electron chi connectivity index (χ0n) is 14.4. The number of carbonyl (C=O) groups is 1. The van der Waals surface area contributed by atoms with Gasteiger partial charge in [-0.1, -0.05) is 52.7 Å². The summed E-state index contributed by atoms with van der Waals surface area (Å²) < 4.78 is 5.45. The molecule has 0 radical (unpaired) electrons. The third kappa shape index (κ3) is 3.48. The fraction of sp³-hybridized carbons (Fsp3) is 0.250. The molecule has 0 bridgehead atoms. The Balaban J connectivity index is 1.48. The third-order valence-corrected chi connectivity index (χ3v) is 4.82. The predicted octanol–water partition coefficient (Wildman–Crippen LogP) is 4.21. The average molecular weight is 368 g/mol. The maximum absolute atomic E-state index is 12.4. The van der Waals surface area contributed by atoms with Crippen LogP contribution in [0.2, 0.25) is 5.02 Å². The van der Waals surface area contributed by atoms with Gasteiger partial charge < -0.3 is 9.42 Å². The molecular weight excluding hydrogens is 350 g/mol. The van der Waals surface area contributed by atoms with Crippen LogP contribution in [0, 0.1) is 6.92 Å². The van der Waals surface area contributed by atoms with Crippen LogP contribution in [0.15, 0.2) is 53.1 Å². The topological polar surface area (TPSA) is 59.2 Å². The molecule has 2 heterocycles. The fourth-order valence-corrected chi connectivity index (χ4v) is 3.33. The van der Waals surface area contributed by atoms with Crippen LogP contribution in [-0.2, 0) is 11.3 Å². The second-order valence-electron chi connectivity index (χ2n) is 6.63. The largest absolute Gasteiger partial charge is 0.339 e. The van der Waals surface area contributed by atoms with E-state index in [2.05, 4.69) is 10.1 Å². The Bertz CT molecular complexity index is 936. The molecule has 1 aliphatic rings. The van der Waals surface area contributed by atoms with Crippen LogP contribution < -0.4 is 0 Å². The smallest absolute Gasteiger partial charge is 0.232 e. The van der Waals surface area contributed by atoms with Gasteiger partial charge in [0.05, 0.1) is 5.92 Å². The summed E-state index contributed by atoms with van der Waals surface area (Å²) in [5.41, 5.74) is 3.11. The highest BCUT2D eigenvalue weighted by Crippen LogP contribution is 2.30. The van der Waals surface area contributed by atoms with Crippen LogP contribution in [0.25, 0.3) is 11.4 Å². The first-order chi connectivity index (χ1) is 12.6. The Morgan fingerprint density at radius 2 is 2.04 bits per heavy atom. The monoisotopic (exact) mass is 367 g/mol. The number of hydrogen-bond donors (Lipinski definition) is 0. The summed E-state index contributed by atoms with van der Waals surface area (Å²) in [6.45, 7) is 3.16. The molecule has 2 aromatic carbocycles. The lowest BCUT2D eigenvalue weighted by molar-refractivity contribution is -0.128. The molecule has 1 fully saturated rings. The number of rotatable bonds is 4. The van der Waals surface area contributed by atoms with Crippen molar-refractivity contribution in [1.29, 1.82) is 0 Å². The first-order valence-electron chi connectivity index (χ1n) is 8.51. The van der Waals surface area contributed by atoms with Crippen LogP contribution >= 0.6 is 11.6 Å². The van der Waals surface area contributed by atoms with Crippen LogP contribution in [0.5, 0.6) is 0 Å². The van der Waals surface area contributed by atoms with E-state index in [9.17, 15) is 4.79 Å². The molecule has 0 saturated carbocycles. The molecule has 1 atom stereocenters. The molecule has 1 amide bonds. The highest BCUT2D eigenvalue weighted by molar-refractivity contribution is 6.30. The standard InChI is InChI=1S/C20H18ClN3O2/c1-13-3-2-4-15(9-13)19-22-20(26-23-19)16-10-18(25)24(12-16)11-14-5-7-17(21)8-6-14/h2-9,16H,10-12H2,1H3. The summed E-state index contributed by atoms with van der Waals surface area (Å²) >= 11 is 5.91. The maximum atomic E-state index is 12.4. The Hall–Kier alpha value is -2.66. The van der Waals surface area contributed by atoms with Crippen LogP contribution in [0.4, 0.5) is 0 Å². The summed E-state index contributed by atoms with van der Waals surface area (Å²) in [7, 11) is 0. The zero-order valence-corrected chi connectivity index (χ0v) is 15.1. The number of carbonyl (C=O) groups excluding carboxylic acids is 1. The van der Waals surface area contributed by atoms with Gasteiger partial charge in [0.2, 0.25) is 17.6 Å². The van der Waals surface area contributed by atoms with Gasteiger partial charge in [-0.05, 0) is 30.7 Å². The van der Waals surface area contributed by atoms with Gasteiger partial charge in [-0.15, -0.1) is 0 Å². The first-order valence-corrected chi connectivity index (χ1v) is 8.89. The molecule has 0 N–H and O–H groups in total. The lowest BCUT2D eigenvalue weighted by Gasteiger charge is -2.16. The summed E-state index contributed by atoms with van der Waals surface area (Å²) in [6.07, 6.45) is 0.392. The van der Waals surface area contributed by atoms with Crippen LogP contribution in [-0.4, -0.2) is 27.5 Å². The van der Waals surface area contributed by atoms with E-state index in [1.807, 2.05) is 60.4 Å². The van der Waals surface area contributed by atoms with Gasteiger partial charge in [-0.3, -0.25) is 4.79 Å². The van der Waals surface area contributed by atoms with Gasteiger partial charge in [-0.25, -0.2) is 0 Å². The van der Waals surface area contributed by atoms with E-state index < -0.39 is 0 Å². The van der Waals surface area contributed by atoms with Gasteiger partial charge in [0.1, 0.15) is 0 Å². The average Bonchev–Trinajstić information content (AvgIpc) is 3.24. The van der Waals surface area contributed by atoms with E-state index >= 15 is 0 Å². The highest BCUT2D eigenvalue weighted by atomic mass is 35.5. The normalized spacial score (nSPS) is 17.1. The van der Waals surface area contributed by atoms with E-state index in [1.54, 1.807) is 0 Å². The molecule has 0 aliphatic carbocycles. The summed E-state index contributed by atoms with van der Waals surface area (Å²) in [5, 5.41) is 4.77. The number of likely N-dealkylation sites (tertiary alicyclic amines) is 1. The summed E-state index contributed by atoms with van der Waals surface area (Å²) in [4.78, 5) is 18.7. The number of halogens is 1. The zero-order chi connectivity index (χ0) is 18.1. The van der Waals surface area contributed by atoms with Crippen molar-refractivity contribution in [2.45, 2.75) is 25.8 Å². The molecule has 1 aromatic heterocycles. The van der Waals surface area contributed by atoms with Gasteiger partial charge in [0.15, 0.2) is 0 Å². The van der Waals surface area contributed by atoms with E-state index in [0.717, 1.165) is 16.7 Å². The second-order valence-corrected chi connectivity index (χ2v) is 7.06. The fourth-order valence-electron chi connectivity index (χ4n) is 3.20. The number of benzene rings is 2. The van der Waals surface area contributed by atoms with E-state index in [4.69, 9.17) is 16.1 Å². The molecule has 0 spiro atoms. The molecular formula is C20H18ClN3O2. The molecule has 3 aromatic rings. The Labute approximate surface area is 156 Å². The number of nitrogens with zero attached hydrogens (tertiary/aromatic N) is 3. The number of amides is 1. The maximum Gasteiger partial charge on any atom is 0.232 e. The van der Waals surface area contributed by atoms with Crippen molar-refractivity contribution in [2.75, 3.05) is 6.54 Å². The van der Waals surface area contributed by atoms with Crippen molar-refractivity contribution in [3.05, 3.63) is 70.6 Å². The molecule has 1 aliphatic heterocycles. The van der Waals surface area contributed by atoms with Crippen molar-refractivity contribution in [3.63, 3.8) is 0 Å². The van der Waals surface area contributed by atoms with Crippen molar-refractivity contribution in [2.24, 2.45) is 0 Å². The van der Waals surface area contributed by atoms with Crippen molar-refractivity contribution in [1.82, 2.24) is 15.0 Å². The molecule has 6 heteroatoms. The number of hydrogen-bond acceptors (Lipinski definition) is 4. The van der Waals surface area contributed by atoms with E-state index in [1.165, 1.54) is 0 Å². The Morgan fingerprint density at radius 3 is 2.81 bits per heavy atom. The van der Waals surface area contributed by atoms with Crippen LogP contribution in [0.1, 0.15) is 29.4 Å². The SMILES string of the molecule is Cc1cccc(-c2noc(C3CC(=O)N(Cc4ccc(Cl)cc4)C3)n2)c1. The molecule has 26 heavy (non-hydrogen) atoms. The van der Waals surface area contributed by atoms with E-state index in [-0.39, 0.29) is 11.8 Å². The minimum atomic E-state index is -0.0686. The molecule has 5 nitrogen and oxygen atoms in total. The quantitative estimate of drug-likeness (QED) is 0.693. The van der Waals surface area contributed by atoms with E-state index in [0.29, 0.717) is 36.2 Å². The van der Waals surface area contributed by atoms with Crippen molar-refractivity contribution in [3.8, 4) is 11.4 Å². The molecule has 4 rings (SSSR count). The van der Waals surface area contributed by atoms with Gasteiger partial charge >= 0.3 is 0 Å². The van der Waals surface area contributed by atoms with Crippen LogP contribution in [0.3, 0.4) is 0 Å². The number of aryl methyl sites for hydroxylation is 1. The molecule has 1 saturated heterocycles. The lowest BCUT2D eigenvalue weighted by atomic mass is 10.1. The number of aromatic nitrogens is 2. The Morgan fingerprint density at radius 1 is 1.23 bits per heavy atom. The molecule has 1 unspecified atom stereocenters. The van der Waals surface area contributed by atoms with Gasteiger partial charge in [0, 0.05) is 30.1 Å². The highest BCUT2D eigenvalue weighted by Gasteiger charge is 2.34. The minimum Gasteiger partial charge on any atom is -0.339 e. The predicted molar refractivity (Wildman–Crippen MR) is 98.7 cm³/mol. The minimum absolute atomic E-state index is 0.0686. The second kappa shape index (κ2) is 6.92. The van der Waals surface area contributed by atoms with Gasteiger partial charge in [0.25, 0.3) is 0 Å². The van der Waals surface area contributed by atoms with Crippen molar-refractivity contribution < 1.29 is 9.32 Å². The lowest BCUT2D eigenvalue weighted by Crippen LogP contribution is -2.24.